The van der Waals surface area contributed by atoms with Crippen LogP contribution in [0.4, 0.5) is 13.2 Å². The average molecular weight is 635 g/mol. The zero-order valence-electron chi connectivity index (χ0n) is 24.6. The van der Waals surface area contributed by atoms with E-state index in [0.29, 0.717) is 28.9 Å². The second-order valence-electron chi connectivity index (χ2n) is 12.2. The first kappa shape index (κ1) is 31.2. The zero-order chi connectivity index (χ0) is 30.9. The van der Waals surface area contributed by atoms with Gasteiger partial charge in [0.15, 0.2) is 23.1 Å². The van der Waals surface area contributed by atoms with Gasteiger partial charge in [0, 0.05) is 52.5 Å². The molecule has 1 aliphatic rings. The lowest BCUT2D eigenvalue weighted by molar-refractivity contribution is -0.139. The quantitative estimate of drug-likeness (QED) is 0.115. The van der Waals surface area contributed by atoms with Crippen LogP contribution in [0.5, 0.6) is 11.5 Å². The van der Waals surface area contributed by atoms with Crippen LogP contribution in [0.2, 0.25) is 31.0 Å². The van der Waals surface area contributed by atoms with Crippen molar-refractivity contribution < 1.29 is 32.2 Å². The Kier molecular flexibility index (Phi) is 9.03. The molecule has 1 aliphatic heterocycles. The van der Waals surface area contributed by atoms with Crippen molar-refractivity contribution in [3.05, 3.63) is 59.3 Å². The molecule has 1 fully saturated rings. The summed E-state index contributed by atoms with van der Waals surface area (Å²) >= 11 is 6.23. The highest BCUT2D eigenvalue weighted by molar-refractivity contribution is 6.76. The van der Waals surface area contributed by atoms with E-state index in [-0.39, 0.29) is 61.6 Å². The van der Waals surface area contributed by atoms with Gasteiger partial charge in [-0.05, 0) is 47.8 Å². The molecule has 230 valence electrons. The Labute approximate surface area is 253 Å². The van der Waals surface area contributed by atoms with E-state index in [9.17, 15) is 9.18 Å². The molecular weight excluding hydrogens is 601 g/mol. The van der Waals surface area contributed by atoms with Gasteiger partial charge in [0.1, 0.15) is 23.9 Å². The molecule has 0 amide bonds. The molecule has 4 heterocycles. The number of carbonyl (C=O) groups is 1. The maximum Gasteiger partial charge on any atom is 0.202 e. The number of Topliss-reactive ketones (excluding diaryl/α,β-unsaturated/α-hetero) is 1. The first-order valence-electron chi connectivity index (χ1n) is 14.0. The summed E-state index contributed by atoms with van der Waals surface area (Å²) in [7, 11) is 0.458. The summed E-state index contributed by atoms with van der Waals surface area (Å²) in [6.45, 7) is 7.53. The highest BCUT2D eigenvalue weighted by atomic mass is 35.5. The molecule has 0 saturated carbocycles. The number of nitrogens with zero attached hydrogens (tertiary/aromatic N) is 4. The molecular formula is C30H34ClF3N4O4Si. The fourth-order valence-corrected chi connectivity index (χ4v) is 5.71. The van der Waals surface area contributed by atoms with E-state index in [1.54, 1.807) is 22.4 Å². The number of hydrogen-bond acceptors (Lipinski definition) is 6. The van der Waals surface area contributed by atoms with E-state index in [0.717, 1.165) is 18.2 Å². The third-order valence-electron chi connectivity index (χ3n) is 7.40. The fourth-order valence-electron chi connectivity index (χ4n) is 4.81. The molecule has 0 N–H and O–H groups in total. The lowest BCUT2D eigenvalue weighted by atomic mass is 9.95. The van der Waals surface area contributed by atoms with E-state index < -0.39 is 31.1 Å². The number of benzene rings is 1. The maximum atomic E-state index is 15.3. The van der Waals surface area contributed by atoms with E-state index >= 15 is 8.78 Å². The van der Waals surface area contributed by atoms with Gasteiger partial charge in [-0.1, -0.05) is 19.6 Å². The van der Waals surface area contributed by atoms with Crippen molar-refractivity contribution in [2.75, 3.05) is 19.8 Å². The van der Waals surface area contributed by atoms with Gasteiger partial charge in [-0.15, -0.1) is 0 Å². The topological polar surface area (TPSA) is 80.4 Å². The van der Waals surface area contributed by atoms with Crippen molar-refractivity contribution in [1.29, 1.82) is 0 Å². The van der Waals surface area contributed by atoms with Gasteiger partial charge in [0.05, 0.1) is 30.5 Å². The number of carbonyl (C=O) groups excluding carboxylic acids is 1. The normalized spacial score (nSPS) is 14.7. The number of rotatable bonds is 13. The number of aromatic nitrogens is 4. The lowest BCUT2D eigenvalue weighted by Gasteiger charge is -2.33. The van der Waals surface area contributed by atoms with Gasteiger partial charge in [0.2, 0.25) is 5.28 Å². The van der Waals surface area contributed by atoms with Crippen LogP contribution in [0.1, 0.15) is 18.4 Å². The second-order valence-corrected chi connectivity index (χ2v) is 18.1. The summed E-state index contributed by atoms with van der Waals surface area (Å²) in [5.74, 6) is -2.72. The van der Waals surface area contributed by atoms with E-state index in [1.807, 2.05) is 6.20 Å². The van der Waals surface area contributed by atoms with E-state index in [2.05, 4.69) is 29.6 Å². The summed E-state index contributed by atoms with van der Waals surface area (Å²) in [6.07, 6.45) is 4.66. The highest BCUT2D eigenvalue weighted by Crippen LogP contribution is 2.40. The number of ether oxygens (including phenoxy) is 3. The Morgan fingerprint density at radius 3 is 2.51 bits per heavy atom. The number of pyridine rings is 1. The Morgan fingerprint density at radius 1 is 1.19 bits per heavy atom. The molecule has 0 bridgehead atoms. The van der Waals surface area contributed by atoms with Crippen LogP contribution in [0.25, 0.3) is 22.3 Å². The standard InChI is InChI=1S/C30H34ClF3N4O4Si/c1-37-24(14-36-29(37)31)21-15-38(18-40-9-10-43(2,3)4)28-26(21)25(6-8-35-28)42-27-22(32)12-19(13-23(27)33)11-20(39)5-7-30(34)16-41-17-30/h6,8,12-15H,5,7,9-11,16-18H2,1-4H3. The molecule has 8 nitrogen and oxygen atoms in total. The van der Waals surface area contributed by atoms with Crippen LogP contribution in [-0.4, -0.2) is 58.4 Å². The SMILES string of the molecule is Cn1c(-c2cn(COCC[Si](C)(C)C)c3nccc(Oc4c(F)cc(CC(=O)CCC5(F)COC5)cc4F)c23)cnc1Cl. The molecule has 0 radical (unpaired) electrons. The first-order chi connectivity index (χ1) is 20.3. The summed E-state index contributed by atoms with van der Waals surface area (Å²) in [4.78, 5) is 21.1. The Balaban J connectivity index is 1.42. The molecule has 0 unspecified atom stereocenters. The van der Waals surface area contributed by atoms with Crippen molar-refractivity contribution in [2.24, 2.45) is 7.05 Å². The molecule has 4 aromatic rings. The molecule has 0 aliphatic carbocycles. The summed E-state index contributed by atoms with van der Waals surface area (Å²) in [5, 5.41) is 0.757. The molecule has 13 heteroatoms. The van der Waals surface area contributed by atoms with E-state index in [1.165, 1.54) is 12.3 Å². The zero-order valence-corrected chi connectivity index (χ0v) is 26.3. The van der Waals surface area contributed by atoms with Gasteiger partial charge >= 0.3 is 0 Å². The van der Waals surface area contributed by atoms with Gasteiger partial charge < -0.3 is 23.3 Å². The highest BCUT2D eigenvalue weighted by Gasteiger charge is 2.38. The minimum atomic E-state index is -1.50. The third kappa shape index (κ3) is 7.14. The van der Waals surface area contributed by atoms with Crippen molar-refractivity contribution in [2.45, 2.75) is 57.3 Å². The summed E-state index contributed by atoms with van der Waals surface area (Å²) in [5.41, 5.74) is 0.407. The van der Waals surface area contributed by atoms with Gasteiger partial charge in [-0.2, -0.15) is 0 Å². The lowest BCUT2D eigenvalue weighted by Crippen LogP contribution is -2.45. The minimum Gasteiger partial charge on any atom is -0.450 e. The second kappa shape index (κ2) is 12.4. The van der Waals surface area contributed by atoms with Crippen molar-refractivity contribution >= 4 is 36.5 Å². The van der Waals surface area contributed by atoms with Gasteiger partial charge in [-0.25, -0.2) is 23.1 Å². The monoisotopic (exact) mass is 634 g/mol. The van der Waals surface area contributed by atoms with E-state index in [4.69, 9.17) is 25.8 Å². The predicted octanol–water partition coefficient (Wildman–Crippen LogP) is 7.10. The molecule has 3 aromatic heterocycles. The Morgan fingerprint density at radius 2 is 1.91 bits per heavy atom. The molecule has 0 spiro atoms. The smallest absolute Gasteiger partial charge is 0.202 e. The number of fused-ring (bicyclic) bond motifs is 1. The van der Waals surface area contributed by atoms with Crippen LogP contribution < -0.4 is 4.74 Å². The van der Waals surface area contributed by atoms with Crippen molar-refractivity contribution in [1.82, 2.24) is 19.1 Å². The van der Waals surface area contributed by atoms with Crippen molar-refractivity contribution in [3.8, 4) is 22.8 Å². The number of hydrogen-bond donors (Lipinski definition) is 0. The largest absolute Gasteiger partial charge is 0.450 e. The van der Waals surface area contributed by atoms with Crippen LogP contribution >= 0.6 is 11.6 Å². The predicted molar refractivity (Wildman–Crippen MR) is 160 cm³/mol. The van der Waals surface area contributed by atoms with Gasteiger partial charge in [-0.3, -0.25) is 4.79 Å². The Hall–Kier alpha value is -3.19. The number of halogens is 4. The molecule has 0 atom stereocenters. The third-order valence-corrected chi connectivity index (χ3v) is 9.45. The maximum absolute atomic E-state index is 15.3. The average Bonchev–Trinajstić information content (AvgIpc) is 3.45. The van der Waals surface area contributed by atoms with Crippen LogP contribution in [0, 0.1) is 11.6 Å². The van der Waals surface area contributed by atoms with Crippen LogP contribution in [0.3, 0.4) is 0 Å². The fraction of sp³-hybridized carbons (Fsp3) is 0.433. The summed E-state index contributed by atoms with van der Waals surface area (Å²) in [6, 6.07) is 4.63. The molecule has 43 heavy (non-hydrogen) atoms. The first-order valence-corrected chi connectivity index (χ1v) is 18.1. The van der Waals surface area contributed by atoms with Crippen LogP contribution in [-0.2, 0) is 34.5 Å². The van der Waals surface area contributed by atoms with Gasteiger partial charge in [0.25, 0.3) is 0 Å². The molecule has 1 saturated heterocycles. The molecule has 5 rings (SSSR count). The minimum absolute atomic E-state index is 0.0171. The number of ketones is 1. The number of imidazole rings is 1. The summed E-state index contributed by atoms with van der Waals surface area (Å²) < 4.78 is 64.9. The Bertz CT molecular complexity index is 1630. The van der Waals surface area contributed by atoms with Crippen molar-refractivity contribution in [3.63, 3.8) is 0 Å². The number of alkyl halides is 1. The molecule has 1 aromatic carbocycles. The van der Waals surface area contributed by atoms with Crippen LogP contribution in [0.15, 0.2) is 36.8 Å².